The summed E-state index contributed by atoms with van der Waals surface area (Å²) in [5.74, 6) is -0.786. The molecule has 0 saturated heterocycles. The third-order valence-corrected chi connectivity index (χ3v) is 3.98. The van der Waals surface area contributed by atoms with E-state index in [9.17, 15) is 8.78 Å². The van der Waals surface area contributed by atoms with E-state index in [2.05, 4.69) is 17.4 Å². The molecule has 1 aromatic heterocycles. The Kier molecular flexibility index (Phi) is 4.09. The van der Waals surface area contributed by atoms with E-state index in [0.29, 0.717) is 12.1 Å². The van der Waals surface area contributed by atoms with Gasteiger partial charge in [-0.2, -0.15) is 0 Å². The molecule has 1 N–H and O–H groups in total. The molecule has 0 spiro atoms. The summed E-state index contributed by atoms with van der Waals surface area (Å²) in [7, 11) is 0. The zero-order valence-electron chi connectivity index (χ0n) is 10.3. The average Bonchev–Trinajstić information content (AvgIpc) is 2.77. The van der Waals surface area contributed by atoms with Crippen molar-refractivity contribution >= 4 is 11.3 Å². The molecule has 1 heterocycles. The summed E-state index contributed by atoms with van der Waals surface area (Å²) in [4.78, 5) is 2.44. The third kappa shape index (κ3) is 3.15. The number of halogens is 2. The van der Waals surface area contributed by atoms with E-state index in [1.54, 1.807) is 11.3 Å². The van der Waals surface area contributed by atoms with E-state index in [1.807, 2.05) is 13.8 Å². The van der Waals surface area contributed by atoms with Gasteiger partial charge in [-0.25, -0.2) is 8.78 Å². The Morgan fingerprint density at radius 1 is 1.22 bits per heavy atom. The second-order valence-electron chi connectivity index (χ2n) is 4.29. The maximum atomic E-state index is 13.4. The average molecular weight is 267 g/mol. The predicted molar refractivity (Wildman–Crippen MR) is 70.7 cm³/mol. The Labute approximate surface area is 109 Å². The second kappa shape index (κ2) is 5.59. The van der Waals surface area contributed by atoms with Gasteiger partial charge in [-0.3, -0.25) is 0 Å². The lowest BCUT2D eigenvalue weighted by Gasteiger charge is -2.12. The molecule has 2 rings (SSSR count). The highest BCUT2D eigenvalue weighted by Gasteiger charge is 2.09. The largest absolute Gasteiger partial charge is 0.305 e. The Hall–Kier alpha value is -1.26. The molecule has 0 saturated carbocycles. The smallest absolute Gasteiger partial charge is 0.127 e. The summed E-state index contributed by atoms with van der Waals surface area (Å²) in [6.45, 7) is 4.39. The van der Waals surface area contributed by atoms with Crippen molar-refractivity contribution < 1.29 is 8.78 Å². The highest BCUT2D eigenvalue weighted by atomic mass is 32.1. The van der Waals surface area contributed by atoms with Gasteiger partial charge >= 0.3 is 0 Å². The van der Waals surface area contributed by atoms with Gasteiger partial charge in [-0.1, -0.05) is 0 Å². The summed E-state index contributed by atoms with van der Waals surface area (Å²) in [6.07, 6.45) is 0. The van der Waals surface area contributed by atoms with Crippen LogP contribution in [0.3, 0.4) is 0 Å². The first kappa shape index (κ1) is 13.2. The highest BCUT2D eigenvalue weighted by molar-refractivity contribution is 7.12. The lowest BCUT2D eigenvalue weighted by atomic mass is 10.2. The molecular weight excluding hydrogens is 252 g/mol. The Morgan fingerprint density at radius 3 is 2.67 bits per heavy atom. The van der Waals surface area contributed by atoms with Gasteiger partial charge in [0.2, 0.25) is 0 Å². The summed E-state index contributed by atoms with van der Waals surface area (Å²) in [5, 5.41) is 3.20. The Bertz CT molecular complexity index is 536. The quantitative estimate of drug-likeness (QED) is 0.876. The van der Waals surface area contributed by atoms with E-state index in [-0.39, 0.29) is 11.9 Å². The van der Waals surface area contributed by atoms with Gasteiger partial charge in [0.05, 0.1) is 0 Å². The van der Waals surface area contributed by atoms with Crippen LogP contribution in [0.2, 0.25) is 0 Å². The van der Waals surface area contributed by atoms with Crippen LogP contribution in [-0.2, 0) is 6.54 Å². The second-order valence-corrected chi connectivity index (χ2v) is 5.61. The molecule has 0 bridgehead atoms. The first-order valence-electron chi connectivity index (χ1n) is 5.80. The Balaban J connectivity index is 2.01. The molecule has 4 heteroatoms. The molecule has 0 aliphatic heterocycles. The van der Waals surface area contributed by atoms with E-state index < -0.39 is 5.82 Å². The highest BCUT2D eigenvalue weighted by Crippen LogP contribution is 2.22. The zero-order valence-corrected chi connectivity index (χ0v) is 11.2. The predicted octanol–water partition coefficient (Wildman–Crippen LogP) is 4.19. The van der Waals surface area contributed by atoms with Crippen molar-refractivity contribution in [1.29, 1.82) is 0 Å². The van der Waals surface area contributed by atoms with Crippen molar-refractivity contribution in [2.45, 2.75) is 26.4 Å². The molecule has 0 aliphatic rings. The first-order valence-corrected chi connectivity index (χ1v) is 6.61. The molecule has 0 radical (unpaired) electrons. The molecule has 2 aromatic rings. The number of hydrogen-bond acceptors (Lipinski definition) is 2. The summed E-state index contributed by atoms with van der Waals surface area (Å²) in [5.41, 5.74) is 0.357. The zero-order chi connectivity index (χ0) is 13.1. The van der Waals surface area contributed by atoms with Crippen LogP contribution in [0.4, 0.5) is 8.78 Å². The number of benzene rings is 1. The third-order valence-electron chi connectivity index (χ3n) is 2.79. The minimum Gasteiger partial charge on any atom is -0.305 e. The fourth-order valence-electron chi connectivity index (χ4n) is 1.73. The maximum Gasteiger partial charge on any atom is 0.127 e. The van der Waals surface area contributed by atoms with Crippen molar-refractivity contribution in [1.82, 2.24) is 5.32 Å². The van der Waals surface area contributed by atoms with Crippen LogP contribution in [0.15, 0.2) is 30.3 Å². The van der Waals surface area contributed by atoms with Crippen LogP contribution < -0.4 is 5.32 Å². The van der Waals surface area contributed by atoms with Gasteiger partial charge in [0, 0.05) is 27.9 Å². The minimum atomic E-state index is -0.409. The van der Waals surface area contributed by atoms with E-state index >= 15 is 0 Å². The number of hydrogen-bond donors (Lipinski definition) is 1. The molecule has 1 aromatic carbocycles. The summed E-state index contributed by atoms with van der Waals surface area (Å²) < 4.78 is 26.4. The van der Waals surface area contributed by atoms with Crippen molar-refractivity contribution in [3.05, 3.63) is 57.3 Å². The first-order chi connectivity index (χ1) is 8.56. The minimum absolute atomic E-state index is 0.131. The molecule has 18 heavy (non-hydrogen) atoms. The van der Waals surface area contributed by atoms with Gasteiger partial charge in [0.25, 0.3) is 0 Å². The van der Waals surface area contributed by atoms with Gasteiger partial charge in [-0.05, 0) is 44.2 Å². The fourth-order valence-corrected chi connectivity index (χ4v) is 2.63. The molecular formula is C14H15F2NS. The molecule has 0 aliphatic carbocycles. The number of rotatable bonds is 4. The SMILES string of the molecule is Cc1ccc(C(C)NCc2cc(F)ccc2F)s1. The van der Waals surface area contributed by atoms with Crippen molar-refractivity contribution in [3.8, 4) is 0 Å². The van der Waals surface area contributed by atoms with E-state index in [1.165, 1.54) is 15.8 Å². The van der Waals surface area contributed by atoms with Crippen LogP contribution in [0.5, 0.6) is 0 Å². The van der Waals surface area contributed by atoms with E-state index in [4.69, 9.17) is 0 Å². The summed E-state index contributed by atoms with van der Waals surface area (Å²) in [6, 6.07) is 7.76. The molecule has 0 fully saturated rings. The van der Waals surface area contributed by atoms with Crippen molar-refractivity contribution in [2.75, 3.05) is 0 Å². The monoisotopic (exact) mass is 267 g/mol. The van der Waals surface area contributed by atoms with Gasteiger partial charge < -0.3 is 5.32 Å². The number of aryl methyl sites for hydroxylation is 1. The van der Waals surface area contributed by atoms with Gasteiger partial charge in [0.15, 0.2) is 0 Å². The number of thiophene rings is 1. The van der Waals surface area contributed by atoms with Crippen LogP contribution in [0.25, 0.3) is 0 Å². The fraction of sp³-hybridized carbons (Fsp3) is 0.286. The lowest BCUT2D eigenvalue weighted by molar-refractivity contribution is 0.539. The molecule has 1 unspecified atom stereocenters. The maximum absolute atomic E-state index is 13.4. The van der Waals surface area contributed by atoms with Crippen LogP contribution in [0.1, 0.15) is 28.3 Å². The topological polar surface area (TPSA) is 12.0 Å². The van der Waals surface area contributed by atoms with Crippen molar-refractivity contribution in [3.63, 3.8) is 0 Å². The van der Waals surface area contributed by atoms with Crippen molar-refractivity contribution in [2.24, 2.45) is 0 Å². The van der Waals surface area contributed by atoms with Crippen LogP contribution in [0, 0.1) is 18.6 Å². The summed E-state index contributed by atoms with van der Waals surface area (Å²) >= 11 is 1.71. The van der Waals surface area contributed by atoms with Gasteiger partial charge in [0.1, 0.15) is 11.6 Å². The van der Waals surface area contributed by atoms with Crippen LogP contribution >= 0.6 is 11.3 Å². The normalized spacial score (nSPS) is 12.7. The standard InChI is InChI=1S/C14H15F2NS/c1-9-3-6-14(18-9)10(2)17-8-11-7-12(15)4-5-13(11)16/h3-7,10,17H,8H2,1-2H3. The van der Waals surface area contributed by atoms with Crippen LogP contribution in [-0.4, -0.2) is 0 Å². The molecule has 0 amide bonds. The lowest BCUT2D eigenvalue weighted by Crippen LogP contribution is -2.18. The molecule has 96 valence electrons. The van der Waals surface area contributed by atoms with E-state index in [0.717, 1.165) is 12.1 Å². The Morgan fingerprint density at radius 2 is 2.00 bits per heavy atom. The van der Waals surface area contributed by atoms with Gasteiger partial charge in [-0.15, -0.1) is 11.3 Å². The number of nitrogens with one attached hydrogen (secondary N) is 1. The molecule has 1 atom stereocenters. The molecule has 1 nitrogen and oxygen atoms in total.